The zero-order valence-electron chi connectivity index (χ0n) is 16.2. The second-order valence-electron chi connectivity index (χ2n) is 6.96. The van der Waals surface area contributed by atoms with Crippen LogP contribution in [0.4, 0.5) is 13.2 Å². The van der Waals surface area contributed by atoms with Gasteiger partial charge in [-0.1, -0.05) is 41.4 Å². The molecular weight excluding hydrogens is 415 g/mol. The molecule has 0 spiro atoms. The van der Waals surface area contributed by atoms with Crippen LogP contribution in [0.3, 0.4) is 0 Å². The fourth-order valence-electron chi connectivity index (χ4n) is 3.21. The second-order valence-corrected chi connectivity index (χ2v) is 7.39. The van der Waals surface area contributed by atoms with Crippen LogP contribution in [-0.2, 0) is 12.8 Å². The Hall–Kier alpha value is -3.06. The average Bonchev–Trinajstić information content (AvgIpc) is 3.02. The zero-order chi connectivity index (χ0) is 21.5. The number of ether oxygens (including phenoxy) is 1. The lowest BCUT2D eigenvalue weighted by Gasteiger charge is -2.12. The van der Waals surface area contributed by atoms with E-state index in [2.05, 4.69) is 10.1 Å². The first kappa shape index (κ1) is 20.2. The minimum Gasteiger partial charge on any atom is -0.473 e. The van der Waals surface area contributed by atoms with Gasteiger partial charge in [0, 0.05) is 11.1 Å². The molecule has 2 heterocycles. The first-order valence-corrected chi connectivity index (χ1v) is 9.52. The predicted molar refractivity (Wildman–Crippen MR) is 109 cm³/mol. The highest BCUT2D eigenvalue weighted by molar-refractivity contribution is 6.30. The molecule has 0 unspecified atom stereocenters. The van der Waals surface area contributed by atoms with Crippen molar-refractivity contribution in [2.75, 3.05) is 0 Å². The first-order chi connectivity index (χ1) is 14.2. The van der Waals surface area contributed by atoms with Gasteiger partial charge in [-0.25, -0.2) is 4.68 Å². The van der Waals surface area contributed by atoms with E-state index in [1.165, 1.54) is 11.6 Å². The average molecular weight is 432 g/mol. The number of benzene rings is 2. The van der Waals surface area contributed by atoms with Gasteiger partial charge in [-0.05, 0) is 43.7 Å². The quantitative estimate of drug-likeness (QED) is 0.381. The summed E-state index contributed by atoms with van der Waals surface area (Å²) < 4.78 is 48.5. The summed E-state index contributed by atoms with van der Waals surface area (Å²) in [5.41, 5.74) is 1.87. The van der Waals surface area contributed by atoms with E-state index in [1.807, 2.05) is 19.1 Å². The zero-order valence-corrected chi connectivity index (χ0v) is 16.9. The molecule has 0 N–H and O–H groups in total. The van der Waals surface area contributed by atoms with Gasteiger partial charge in [-0.15, -0.1) is 0 Å². The molecule has 4 nitrogen and oxygen atoms in total. The van der Waals surface area contributed by atoms with E-state index < -0.39 is 11.7 Å². The number of pyridine rings is 1. The van der Waals surface area contributed by atoms with Gasteiger partial charge in [-0.3, -0.25) is 0 Å². The number of hydrogen-bond donors (Lipinski definition) is 0. The standard InChI is InChI=1S/C22H17ClF3N3O/c1-13-6-8-17(9-7-13)29-21-20(14(2)28-29)18(22(24,25)26)11-19(27-21)30-12-15-4-3-5-16(23)10-15/h3-11H,12H2,1-2H3. The van der Waals surface area contributed by atoms with Gasteiger partial charge >= 0.3 is 6.18 Å². The summed E-state index contributed by atoms with van der Waals surface area (Å²) in [4.78, 5) is 4.35. The van der Waals surface area contributed by atoms with Gasteiger partial charge in [0.15, 0.2) is 5.65 Å². The molecule has 8 heteroatoms. The van der Waals surface area contributed by atoms with E-state index in [0.717, 1.165) is 17.2 Å². The predicted octanol–water partition coefficient (Wildman–Crippen LogP) is 6.29. The Morgan fingerprint density at radius 3 is 2.43 bits per heavy atom. The molecule has 2 aromatic carbocycles. The molecule has 154 valence electrons. The molecule has 0 bridgehead atoms. The summed E-state index contributed by atoms with van der Waals surface area (Å²) in [6, 6.07) is 15.1. The lowest BCUT2D eigenvalue weighted by atomic mass is 10.1. The SMILES string of the molecule is Cc1ccc(-n2nc(C)c3c(C(F)(F)F)cc(OCc4cccc(Cl)c4)nc32)cc1. The van der Waals surface area contributed by atoms with Crippen LogP contribution in [0, 0.1) is 13.8 Å². The maximum absolute atomic E-state index is 13.8. The summed E-state index contributed by atoms with van der Waals surface area (Å²) in [6.07, 6.45) is -4.58. The summed E-state index contributed by atoms with van der Waals surface area (Å²) in [6.45, 7) is 3.50. The van der Waals surface area contributed by atoms with Crippen LogP contribution in [0.15, 0.2) is 54.6 Å². The van der Waals surface area contributed by atoms with E-state index in [4.69, 9.17) is 16.3 Å². The smallest absolute Gasteiger partial charge is 0.417 e. The van der Waals surface area contributed by atoms with E-state index in [9.17, 15) is 13.2 Å². The summed E-state index contributed by atoms with van der Waals surface area (Å²) in [5, 5.41) is 4.79. The van der Waals surface area contributed by atoms with Crippen LogP contribution in [0.1, 0.15) is 22.4 Å². The minimum atomic E-state index is -4.58. The number of fused-ring (bicyclic) bond motifs is 1. The van der Waals surface area contributed by atoms with Crippen LogP contribution in [-0.4, -0.2) is 14.8 Å². The summed E-state index contributed by atoms with van der Waals surface area (Å²) in [7, 11) is 0. The molecule has 0 atom stereocenters. The van der Waals surface area contributed by atoms with Crippen molar-refractivity contribution in [3.8, 4) is 11.6 Å². The molecule has 4 aromatic rings. The van der Waals surface area contributed by atoms with Crippen molar-refractivity contribution >= 4 is 22.6 Å². The number of alkyl halides is 3. The molecule has 2 aromatic heterocycles. The monoisotopic (exact) mass is 431 g/mol. The van der Waals surface area contributed by atoms with E-state index in [-0.39, 0.29) is 29.2 Å². The lowest BCUT2D eigenvalue weighted by molar-refractivity contribution is -0.136. The molecule has 0 amide bonds. The topological polar surface area (TPSA) is 39.9 Å². The molecule has 0 saturated heterocycles. The van der Waals surface area contributed by atoms with Crippen molar-refractivity contribution in [3.63, 3.8) is 0 Å². The Kier molecular flexibility index (Phi) is 5.15. The van der Waals surface area contributed by atoms with Gasteiger partial charge < -0.3 is 4.74 Å². The molecule has 0 saturated carbocycles. The minimum absolute atomic E-state index is 0.0357. The van der Waals surface area contributed by atoms with Gasteiger partial charge in [0.25, 0.3) is 0 Å². The van der Waals surface area contributed by atoms with Gasteiger partial charge in [0.05, 0.1) is 22.3 Å². The molecule has 0 radical (unpaired) electrons. The van der Waals surface area contributed by atoms with Gasteiger partial charge in [-0.2, -0.15) is 23.3 Å². The largest absolute Gasteiger partial charge is 0.473 e. The Labute approximate surface area is 175 Å². The number of halogens is 4. The fourth-order valence-corrected chi connectivity index (χ4v) is 3.43. The second kappa shape index (κ2) is 7.65. The molecule has 0 aliphatic heterocycles. The fraction of sp³-hybridized carbons (Fsp3) is 0.182. The lowest BCUT2D eigenvalue weighted by Crippen LogP contribution is -2.09. The van der Waals surface area contributed by atoms with Crippen LogP contribution in [0.25, 0.3) is 16.7 Å². The van der Waals surface area contributed by atoms with Crippen molar-refractivity contribution in [2.45, 2.75) is 26.6 Å². The molecule has 0 fully saturated rings. The third-order valence-corrected chi connectivity index (χ3v) is 4.88. The van der Waals surface area contributed by atoms with E-state index in [0.29, 0.717) is 10.7 Å². The van der Waals surface area contributed by atoms with Crippen molar-refractivity contribution in [2.24, 2.45) is 0 Å². The third-order valence-electron chi connectivity index (χ3n) is 4.65. The Balaban J connectivity index is 1.83. The Bertz CT molecular complexity index is 1220. The maximum atomic E-state index is 13.8. The van der Waals surface area contributed by atoms with Crippen LogP contribution < -0.4 is 4.74 Å². The molecular formula is C22H17ClF3N3O. The number of nitrogens with zero attached hydrogens (tertiary/aromatic N) is 3. The first-order valence-electron chi connectivity index (χ1n) is 9.14. The molecule has 30 heavy (non-hydrogen) atoms. The Morgan fingerprint density at radius 2 is 1.77 bits per heavy atom. The molecule has 0 aliphatic rings. The summed E-state index contributed by atoms with van der Waals surface area (Å²) in [5.74, 6) is -0.136. The number of rotatable bonds is 4. The molecule has 0 aliphatic carbocycles. The van der Waals surface area contributed by atoms with E-state index in [1.54, 1.807) is 36.4 Å². The van der Waals surface area contributed by atoms with E-state index >= 15 is 0 Å². The highest BCUT2D eigenvalue weighted by Gasteiger charge is 2.36. The van der Waals surface area contributed by atoms with Crippen LogP contribution in [0.5, 0.6) is 5.88 Å². The molecule has 4 rings (SSSR count). The van der Waals surface area contributed by atoms with Crippen molar-refractivity contribution in [1.29, 1.82) is 0 Å². The van der Waals surface area contributed by atoms with Crippen molar-refractivity contribution < 1.29 is 17.9 Å². The highest BCUT2D eigenvalue weighted by atomic mass is 35.5. The number of hydrogen-bond acceptors (Lipinski definition) is 3. The maximum Gasteiger partial charge on any atom is 0.417 e. The van der Waals surface area contributed by atoms with Crippen LogP contribution in [0.2, 0.25) is 5.02 Å². The van der Waals surface area contributed by atoms with Gasteiger partial charge in [0.2, 0.25) is 5.88 Å². The number of aromatic nitrogens is 3. The Morgan fingerprint density at radius 1 is 1.03 bits per heavy atom. The van der Waals surface area contributed by atoms with Crippen LogP contribution >= 0.6 is 11.6 Å². The van der Waals surface area contributed by atoms with Crippen molar-refractivity contribution in [3.05, 3.63) is 82.0 Å². The third kappa shape index (κ3) is 3.98. The summed E-state index contributed by atoms with van der Waals surface area (Å²) >= 11 is 5.96. The number of aryl methyl sites for hydroxylation is 2. The highest BCUT2D eigenvalue weighted by Crippen LogP contribution is 2.38. The van der Waals surface area contributed by atoms with Gasteiger partial charge in [0.1, 0.15) is 6.61 Å². The normalized spacial score (nSPS) is 11.8. The van der Waals surface area contributed by atoms with Crippen molar-refractivity contribution in [1.82, 2.24) is 14.8 Å².